The topological polar surface area (TPSA) is 80.2 Å². The van der Waals surface area contributed by atoms with E-state index in [1.165, 1.54) is 4.90 Å². The van der Waals surface area contributed by atoms with Gasteiger partial charge in [0.1, 0.15) is 19.8 Å². The summed E-state index contributed by atoms with van der Waals surface area (Å²) >= 11 is 1.55. The van der Waals surface area contributed by atoms with Crippen molar-refractivity contribution in [2.24, 2.45) is 4.99 Å². The Labute approximate surface area is 195 Å². The number of amides is 2. The van der Waals surface area contributed by atoms with E-state index in [4.69, 9.17) is 14.5 Å². The molecule has 33 heavy (non-hydrogen) atoms. The summed E-state index contributed by atoms with van der Waals surface area (Å²) < 4.78 is 11.1. The number of aliphatic imine (C=N–C) groups is 1. The molecule has 2 amide bonds. The number of nitrogens with one attached hydrogen (secondary N) is 1. The van der Waals surface area contributed by atoms with Gasteiger partial charge in [-0.25, -0.2) is 4.99 Å². The van der Waals surface area contributed by atoms with E-state index in [2.05, 4.69) is 5.32 Å². The van der Waals surface area contributed by atoms with Gasteiger partial charge in [-0.3, -0.25) is 9.59 Å². The van der Waals surface area contributed by atoms with Crippen LogP contribution in [0.4, 0.5) is 17.1 Å². The maximum Gasteiger partial charge on any atom is 0.244 e. The number of anilines is 2. The first kappa shape index (κ1) is 21.2. The van der Waals surface area contributed by atoms with Crippen molar-refractivity contribution in [1.82, 2.24) is 0 Å². The van der Waals surface area contributed by atoms with Crippen molar-refractivity contribution in [3.63, 3.8) is 0 Å². The molecule has 0 saturated carbocycles. The van der Waals surface area contributed by atoms with E-state index in [0.717, 1.165) is 16.0 Å². The monoisotopic (exact) mass is 461 g/mol. The van der Waals surface area contributed by atoms with Crippen LogP contribution >= 0.6 is 11.3 Å². The normalized spacial score (nSPS) is 14.9. The second-order valence-corrected chi connectivity index (χ2v) is 8.97. The third-order valence-electron chi connectivity index (χ3n) is 5.69. The standard InChI is InChI=1S/C25H23N3O4S/c1-15-10-18-20(11-16(15)2)28(25(30)13-19(27-18)23-4-3-9-33-23)14-24(29)26-17-5-6-21-22(12-17)32-8-7-31-21/h3-6,9-12H,7-8,13-14H2,1-2H3,(H,26,29). The third-order valence-corrected chi connectivity index (χ3v) is 6.61. The number of hydrogen-bond donors (Lipinski definition) is 1. The third kappa shape index (κ3) is 4.34. The Morgan fingerprint density at radius 1 is 1.09 bits per heavy atom. The Bertz CT molecular complexity index is 1270. The molecule has 0 spiro atoms. The summed E-state index contributed by atoms with van der Waals surface area (Å²) in [5, 5.41) is 4.84. The molecule has 0 atom stereocenters. The fraction of sp³-hybridized carbons (Fsp3) is 0.240. The van der Waals surface area contributed by atoms with Crippen LogP contribution in [0.3, 0.4) is 0 Å². The molecule has 1 aromatic heterocycles. The molecule has 3 aromatic rings. The van der Waals surface area contributed by atoms with E-state index in [0.29, 0.717) is 47.5 Å². The van der Waals surface area contributed by atoms with Gasteiger partial charge in [-0.1, -0.05) is 6.07 Å². The quantitative estimate of drug-likeness (QED) is 0.614. The molecule has 2 aliphatic heterocycles. The number of carbonyl (C=O) groups excluding carboxylic acids is 2. The highest BCUT2D eigenvalue weighted by atomic mass is 32.1. The van der Waals surface area contributed by atoms with Crippen molar-refractivity contribution in [1.29, 1.82) is 0 Å². The molecule has 2 aromatic carbocycles. The molecule has 0 saturated heterocycles. The summed E-state index contributed by atoms with van der Waals surface area (Å²) in [7, 11) is 0. The average Bonchev–Trinajstić information content (AvgIpc) is 3.30. The first-order chi connectivity index (χ1) is 16.0. The number of fused-ring (bicyclic) bond motifs is 2. The minimum absolute atomic E-state index is 0.115. The van der Waals surface area contributed by atoms with Crippen LogP contribution in [0.1, 0.15) is 22.4 Å². The van der Waals surface area contributed by atoms with Crippen LogP contribution in [-0.2, 0) is 9.59 Å². The van der Waals surface area contributed by atoms with Crippen LogP contribution < -0.4 is 19.7 Å². The Kier molecular flexibility index (Phi) is 5.60. The Morgan fingerprint density at radius 3 is 2.67 bits per heavy atom. The number of rotatable bonds is 4. The average molecular weight is 462 g/mol. The minimum Gasteiger partial charge on any atom is -0.486 e. The van der Waals surface area contributed by atoms with Gasteiger partial charge >= 0.3 is 0 Å². The van der Waals surface area contributed by atoms with Crippen molar-refractivity contribution in [2.75, 3.05) is 30.0 Å². The molecule has 7 nitrogen and oxygen atoms in total. The molecule has 0 unspecified atom stereocenters. The summed E-state index contributed by atoms with van der Waals surface area (Å²) in [4.78, 5) is 33.6. The second kappa shape index (κ2) is 8.71. The van der Waals surface area contributed by atoms with Gasteiger partial charge in [-0.15, -0.1) is 11.3 Å². The van der Waals surface area contributed by atoms with Crippen LogP contribution in [0.25, 0.3) is 0 Å². The van der Waals surface area contributed by atoms with Crippen LogP contribution in [0.5, 0.6) is 11.5 Å². The smallest absolute Gasteiger partial charge is 0.244 e. The zero-order valence-electron chi connectivity index (χ0n) is 18.4. The lowest BCUT2D eigenvalue weighted by Crippen LogP contribution is -2.38. The molecule has 2 aliphatic rings. The van der Waals surface area contributed by atoms with Crippen molar-refractivity contribution in [2.45, 2.75) is 20.3 Å². The summed E-state index contributed by atoms with van der Waals surface area (Å²) in [6.07, 6.45) is 0.130. The number of benzene rings is 2. The molecule has 0 aliphatic carbocycles. The molecule has 1 N–H and O–H groups in total. The number of aryl methyl sites for hydroxylation is 2. The number of nitrogens with zero attached hydrogens (tertiary/aromatic N) is 2. The van der Waals surface area contributed by atoms with Gasteiger partial charge in [0.25, 0.3) is 0 Å². The van der Waals surface area contributed by atoms with Gasteiger partial charge in [-0.05, 0) is 60.7 Å². The molecule has 0 fully saturated rings. The van der Waals surface area contributed by atoms with Gasteiger partial charge in [0.2, 0.25) is 11.8 Å². The van der Waals surface area contributed by atoms with E-state index in [-0.39, 0.29) is 24.8 Å². The lowest BCUT2D eigenvalue weighted by molar-refractivity contribution is -0.120. The molecular formula is C25H23N3O4S. The maximum atomic E-state index is 13.3. The predicted molar refractivity (Wildman–Crippen MR) is 129 cm³/mol. The van der Waals surface area contributed by atoms with E-state index in [9.17, 15) is 9.59 Å². The fourth-order valence-corrected chi connectivity index (χ4v) is 4.59. The number of ether oxygens (including phenoxy) is 2. The Hall–Kier alpha value is -3.65. The van der Waals surface area contributed by atoms with Crippen LogP contribution in [0, 0.1) is 13.8 Å². The van der Waals surface area contributed by atoms with Crippen molar-refractivity contribution >= 4 is 45.9 Å². The first-order valence-corrected chi connectivity index (χ1v) is 11.6. The molecule has 3 heterocycles. The highest BCUT2D eigenvalue weighted by Gasteiger charge is 2.28. The summed E-state index contributed by atoms with van der Waals surface area (Å²) in [5.41, 5.74) is 4.76. The molecule has 168 valence electrons. The van der Waals surface area contributed by atoms with Gasteiger partial charge in [0.05, 0.1) is 23.5 Å². The maximum absolute atomic E-state index is 13.3. The summed E-state index contributed by atoms with van der Waals surface area (Å²) in [6, 6.07) is 13.1. The minimum atomic E-state index is -0.302. The van der Waals surface area contributed by atoms with Gasteiger partial charge in [0, 0.05) is 16.6 Å². The van der Waals surface area contributed by atoms with E-state index in [1.54, 1.807) is 29.5 Å². The molecule has 0 radical (unpaired) electrons. The lowest BCUT2D eigenvalue weighted by Gasteiger charge is -2.23. The van der Waals surface area contributed by atoms with E-state index < -0.39 is 0 Å². The van der Waals surface area contributed by atoms with Crippen LogP contribution in [-0.4, -0.2) is 37.3 Å². The highest BCUT2D eigenvalue weighted by molar-refractivity contribution is 7.12. The molecule has 8 heteroatoms. The summed E-state index contributed by atoms with van der Waals surface area (Å²) in [6.45, 7) is 4.86. The molecule has 5 rings (SSSR count). The van der Waals surface area contributed by atoms with Crippen LogP contribution in [0.15, 0.2) is 52.8 Å². The fourth-order valence-electron chi connectivity index (χ4n) is 3.87. The first-order valence-electron chi connectivity index (χ1n) is 10.7. The number of carbonyl (C=O) groups is 2. The lowest BCUT2D eigenvalue weighted by atomic mass is 10.1. The van der Waals surface area contributed by atoms with Crippen molar-refractivity contribution in [3.05, 3.63) is 63.8 Å². The van der Waals surface area contributed by atoms with Crippen molar-refractivity contribution < 1.29 is 19.1 Å². The molecular weight excluding hydrogens is 438 g/mol. The largest absolute Gasteiger partial charge is 0.486 e. The van der Waals surface area contributed by atoms with Crippen molar-refractivity contribution in [3.8, 4) is 11.5 Å². The zero-order chi connectivity index (χ0) is 22.9. The van der Waals surface area contributed by atoms with Gasteiger partial charge < -0.3 is 19.7 Å². The number of hydrogen-bond acceptors (Lipinski definition) is 6. The SMILES string of the molecule is Cc1cc2c(cc1C)N(CC(=O)Nc1ccc3c(c1)OCCO3)C(=O)CC(c1cccs1)=N2. The van der Waals surface area contributed by atoms with Crippen LogP contribution in [0.2, 0.25) is 0 Å². The predicted octanol–water partition coefficient (Wildman–Crippen LogP) is 4.63. The molecule has 0 bridgehead atoms. The zero-order valence-corrected chi connectivity index (χ0v) is 19.2. The summed E-state index contributed by atoms with van der Waals surface area (Å²) in [5.74, 6) is 0.778. The van der Waals surface area contributed by atoms with E-state index >= 15 is 0 Å². The number of thiophene rings is 1. The highest BCUT2D eigenvalue weighted by Crippen LogP contribution is 2.36. The Morgan fingerprint density at radius 2 is 1.88 bits per heavy atom. The van der Waals surface area contributed by atoms with Gasteiger partial charge in [-0.2, -0.15) is 0 Å². The second-order valence-electron chi connectivity index (χ2n) is 8.02. The van der Waals surface area contributed by atoms with E-state index in [1.807, 2.05) is 43.5 Å². The van der Waals surface area contributed by atoms with Gasteiger partial charge in [0.15, 0.2) is 11.5 Å². The Balaban J connectivity index is 1.42.